The highest BCUT2D eigenvalue weighted by Crippen LogP contribution is 1.88. The van der Waals surface area contributed by atoms with Gasteiger partial charge in [0.05, 0.1) is 26.4 Å². The highest BCUT2D eigenvalue weighted by Gasteiger charge is 1.92. The van der Waals surface area contributed by atoms with E-state index in [1.807, 2.05) is 6.92 Å². The third-order valence-electron chi connectivity index (χ3n) is 2.17. The van der Waals surface area contributed by atoms with Crippen LogP contribution in [-0.2, 0) is 18.9 Å². The molecule has 0 saturated carbocycles. The van der Waals surface area contributed by atoms with Gasteiger partial charge in [-0.05, 0) is 19.8 Å². The topological polar surface area (TPSA) is 36.9 Å². The highest BCUT2D eigenvalue weighted by molar-refractivity contribution is 4.37. The third kappa shape index (κ3) is 15.8. The Morgan fingerprint density at radius 3 is 1.53 bits per heavy atom. The molecule has 0 aliphatic carbocycles. The van der Waals surface area contributed by atoms with Gasteiger partial charge in [-0.1, -0.05) is 13.3 Å². The monoisotopic (exact) mass is 248 g/mol. The van der Waals surface area contributed by atoms with Crippen molar-refractivity contribution in [3.05, 3.63) is 0 Å². The molecule has 0 amide bonds. The molecule has 4 nitrogen and oxygen atoms in total. The van der Waals surface area contributed by atoms with E-state index in [1.165, 1.54) is 6.42 Å². The zero-order valence-electron chi connectivity index (χ0n) is 11.4. The first kappa shape index (κ1) is 16.8. The number of hydrogen-bond acceptors (Lipinski definition) is 4. The largest absolute Gasteiger partial charge is 0.382 e. The van der Waals surface area contributed by atoms with Crippen molar-refractivity contribution in [3.8, 4) is 0 Å². The fourth-order valence-corrected chi connectivity index (χ4v) is 1.20. The second-order valence-corrected chi connectivity index (χ2v) is 3.74. The Bertz CT molecular complexity index is 117. The van der Waals surface area contributed by atoms with Gasteiger partial charge in [-0.15, -0.1) is 0 Å². The van der Waals surface area contributed by atoms with Crippen molar-refractivity contribution in [2.75, 3.05) is 52.9 Å². The van der Waals surface area contributed by atoms with Gasteiger partial charge in [0.2, 0.25) is 0 Å². The number of unbranched alkanes of at least 4 members (excludes halogenated alkanes) is 1. The zero-order chi connectivity index (χ0) is 12.6. The minimum atomic E-state index is 0.645. The Balaban J connectivity index is 2.85. The molecular formula is C13H28O4. The Kier molecular flexibility index (Phi) is 15.7. The predicted octanol–water partition coefficient (Wildman–Crippen LogP) is 2.26. The Labute approximate surface area is 106 Å². The van der Waals surface area contributed by atoms with E-state index in [9.17, 15) is 0 Å². The molecule has 0 N–H and O–H groups in total. The van der Waals surface area contributed by atoms with E-state index in [0.717, 1.165) is 39.3 Å². The third-order valence-corrected chi connectivity index (χ3v) is 2.17. The van der Waals surface area contributed by atoms with Crippen LogP contribution in [0.4, 0.5) is 0 Å². The molecule has 0 atom stereocenters. The molecule has 0 radical (unpaired) electrons. The van der Waals surface area contributed by atoms with Crippen molar-refractivity contribution in [1.29, 1.82) is 0 Å². The molecule has 0 aromatic carbocycles. The molecule has 0 aliphatic rings. The van der Waals surface area contributed by atoms with E-state index in [-0.39, 0.29) is 0 Å². The smallest absolute Gasteiger partial charge is 0.0701 e. The minimum absolute atomic E-state index is 0.645. The molecule has 0 saturated heterocycles. The summed E-state index contributed by atoms with van der Waals surface area (Å²) in [5.41, 5.74) is 0. The molecule has 0 fully saturated rings. The van der Waals surface area contributed by atoms with Crippen molar-refractivity contribution >= 4 is 0 Å². The van der Waals surface area contributed by atoms with Crippen LogP contribution in [0.25, 0.3) is 0 Å². The first-order valence-electron chi connectivity index (χ1n) is 6.72. The van der Waals surface area contributed by atoms with Gasteiger partial charge >= 0.3 is 0 Å². The number of rotatable bonds is 14. The van der Waals surface area contributed by atoms with Crippen LogP contribution in [0.15, 0.2) is 0 Å². The van der Waals surface area contributed by atoms with Gasteiger partial charge < -0.3 is 18.9 Å². The van der Waals surface area contributed by atoms with E-state index >= 15 is 0 Å². The van der Waals surface area contributed by atoms with Crippen LogP contribution in [0.1, 0.15) is 33.1 Å². The summed E-state index contributed by atoms with van der Waals surface area (Å²) in [7, 11) is 0. The van der Waals surface area contributed by atoms with Crippen LogP contribution >= 0.6 is 0 Å². The Hall–Kier alpha value is -0.160. The standard InChI is InChI=1S/C13H28O4/c1-3-5-7-15-10-12-17-13-11-16-9-6-8-14-4-2/h3-13H2,1-2H3. The van der Waals surface area contributed by atoms with Crippen molar-refractivity contribution in [3.63, 3.8) is 0 Å². The summed E-state index contributed by atoms with van der Waals surface area (Å²) in [6.07, 6.45) is 3.26. The lowest BCUT2D eigenvalue weighted by molar-refractivity contribution is 0.00981. The SMILES string of the molecule is CCCCOCCOCCOCCCOCC. The van der Waals surface area contributed by atoms with Crippen LogP contribution in [0.3, 0.4) is 0 Å². The average Bonchev–Trinajstić information content (AvgIpc) is 2.35. The molecule has 0 spiro atoms. The molecule has 0 rings (SSSR count). The summed E-state index contributed by atoms with van der Waals surface area (Å²) in [5.74, 6) is 0. The molecule has 0 aromatic rings. The Morgan fingerprint density at radius 2 is 1.00 bits per heavy atom. The average molecular weight is 248 g/mol. The zero-order valence-corrected chi connectivity index (χ0v) is 11.4. The van der Waals surface area contributed by atoms with Gasteiger partial charge in [0.15, 0.2) is 0 Å². The molecule has 0 aromatic heterocycles. The summed E-state index contributed by atoms with van der Waals surface area (Å²) in [5, 5.41) is 0. The van der Waals surface area contributed by atoms with Crippen molar-refractivity contribution < 1.29 is 18.9 Å². The summed E-state index contributed by atoms with van der Waals surface area (Å²) in [6, 6.07) is 0. The molecule has 4 heteroatoms. The molecule has 0 heterocycles. The van der Waals surface area contributed by atoms with E-state index in [2.05, 4.69) is 6.92 Å². The van der Waals surface area contributed by atoms with Gasteiger partial charge in [-0.2, -0.15) is 0 Å². The van der Waals surface area contributed by atoms with Crippen molar-refractivity contribution in [2.24, 2.45) is 0 Å². The summed E-state index contributed by atoms with van der Waals surface area (Å²) < 4.78 is 21.3. The Morgan fingerprint density at radius 1 is 0.529 bits per heavy atom. The second kappa shape index (κ2) is 15.8. The first-order valence-corrected chi connectivity index (χ1v) is 6.72. The summed E-state index contributed by atoms with van der Waals surface area (Å²) in [6.45, 7) is 9.94. The first-order chi connectivity index (χ1) is 8.41. The van der Waals surface area contributed by atoms with Gasteiger partial charge in [-0.3, -0.25) is 0 Å². The maximum Gasteiger partial charge on any atom is 0.0701 e. The molecule has 0 aliphatic heterocycles. The van der Waals surface area contributed by atoms with Gasteiger partial charge in [0, 0.05) is 26.4 Å². The fraction of sp³-hybridized carbons (Fsp3) is 1.00. The van der Waals surface area contributed by atoms with E-state index < -0.39 is 0 Å². The lowest BCUT2D eigenvalue weighted by atomic mass is 10.4. The molecule has 0 bridgehead atoms. The van der Waals surface area contributed by atoms with Crippen LogP contribution in [-0.4, -0.2) is 52.9 Å². The lowest BCUT2D eigenvalue weighted by Crippen LogP contribution is -2.10. The summed E-state index contributed by atoms with van der Waals surface area (Å²) >= 11 is 0. The van der Waals surface area contributed by atoms with Crippen LogP contribution in [0, 0.1) is 0 Å². The van der Waals surface area contributed by atoms with Crippen molar-refractivity contribution in [2.45, 2.75) is 33.1 Å². The number of ether oxygens (including phenoxy) is 4. The maximum absolute atomic E-state index is 5.38. The molecule has 0 unspecified atom stereocenters. The highest BCUT2D eigenvalue weighted by atomic mass is 16.5. The van der Waals surface area contributed by atoms with Gasteiger partial charge in [0.25, 0.3) is 0 Å². The second-order valence-electron chi connectivity index (χ2n) is 3.74. The van der Waals surface area contributed by atoms with E-state index in [0.29, 0.717) is 26.4 Å². The van der Waals surface area contributed by atoms with E-state index in [1.54, 1.807) is 0 Å². The van der Waals surface area contributed by atoms with Crippen molar-refractivity contribution in [1.82, 2.24) is 0 Å². The predicted molar refractivity (Wildman–Crippen MR) is 68.5 cm³/mol. The number of hydrogen-bond donors (Lipinski definition) is 0. The minimum Gasteiger partial charge on any atom is -0.382 e. The molecule has 17 heavy (non-hydrogen) atoms. The van der Waals surface area contributed by atoms with Crippen LogP contribution < -0.4 is 0 Å². The molecular weight excluding hydrogens is 220 g/mol. The van der Waals surface area contributed by atoms with Gasteiger partial charge in [0.1, 0.15) is 0 Å². The quantitative estimate of drug-likeness (QED) is 0.442. The fourth-order valence-electron chi connectivity index (χ4n) is 1.20. The normalized spacial score (nSPS) is 10.9. The van der Waals surface area contributed by atoms with Crippen LogP contribution in [0.2, 0.25) is 0 Å². The maximum atomic E-state index is 5.38. The lowest BCUT2D eigenvalue weighted by Gasteiger charge is -2.06. The summed E-state index contributed by atoms with van der Waals surface area (Å²) in [4.78, 5) is 0. The van der Waals surface area contributed by atoms with E-state index in [4.69, 9.17) is 18.9 Å². The molecule has 104 valence electrons. The van der Waals surface area contributed by atoms with Gasteiger partial charge in [-0.25, -0.2) is 0 Å². The van der Waals surface area contributed by atoms with Crippen LogP contribution in [0.5, 0.6) is 0 Å².